The number of furan rings is 2. The first-order valence-electron chi connectivity index (χ1n) is 13.3. The van der Waals surface area contributed by atoms with Gasteiger partial charge in [-0.15, -0.1) is 0 Å². The van der Waals surface area contributed by atoms with E-state index >= 15 is 0 Å². The van der Waals surface area contributed by atoms with Crippen molar-refractivity contribution in [2.24, 2.45) is 9.98 Å². The Hall–Kier alpha value is -4.66. The third-order valence-corrected chi connectivity index (χ3v) is 7.72. The molecule has 0 saturated heterocycles. The molecule has 6 rings (SSSR count). The molecular weight excluding hydrogens is 672 g/mol. The second-order valence-corrected chi connectivity index (χ2v) is 11.6. The Balaban J connectivity index is 1.15. The van der Waals surface area contributed by atoms with Gasteiger partial charge in [-0.2, -0.15) is 0 Å². The molecule has 0 saturated carbocycles. The van der Waals surface area contributed by atoms with E-state index in [4.69, 9.17) is 8.83 Å². The van der Waals surface area contributed by atoms with Crippen LogP contribution in [0.25, 0.3) is 22.6 Å². The molecule has 0 fully saturated rings. The van der Waals surface area contributed by atoms with Gasteiger partial charge in [0.1, 0.15) is 45.9 Å². The van der Waals surface area contributed by atoms with Crippen LogP contribution in [0.2, 0.25) is 0 Å². The van der Waals surface area contributed by atoms with Crippen LogP contribution in [0.1, 0.15) is 22.6 Å². The van der Waals surface area contributed by atoms with Gasteiger partial charge >= 0.3 is 0 Å². The van der Waals surface area contributed by atoms with Crippen LogP contribution in [-0.2, 0) is 6.42 Å². The lowest BCUT2D eigenvalue weighted by Gasteiger charge is -2.07. The second kappa shape index (κ2) is 12.7. The summed E-state index contributed by atoms with van der Waals surface area (Å²) in [5.74, 6) is 2.74. The van der Waals surface area contributed by atoms with Crippen LogP contribution in [-0.4, -0.2) is 22.6 Å². The highest BCUT2D eigenvalue weighted by atomic mass is 79.9. The molecule has 2 aromatic heterocycles. The minimum Gasteiger partial charge on any atom is -0.506 e. The van der Waals surface area contributed by atoms with Gasteiger partial charge in [0.2, 0.25) is 0 Å². The van der Waals surface area contributed by atoms with Crippen molar-refractivity contribution in [3.05, 3.63) is 141 Å². The van der Waals surface area contributed by atoms with Gasteiger partial charge in [0.05, 0.1) is 12.4 Å². The highest BCUT2D eigenvalue weighted by molar-refractivity contribution is 9.10. The summed E-state index contributed by atoms with van der Waals surface area (Å²) in [7, 11) is 0. The van der Waals surface area contributed by atoms with Crippen molar-refractivity contribution in [3.63, 3.8) is 0 Å². The van der Waals surface area contributed by atoms with Crippen LogP contribution < -0.4 is 0 Å². The van der Waals surface area contributed by atoms with Crippen molar-refractivity contribution in [1.82, 2.24) is 0 Å². The predicted molar refractivity (Wildman–Crippen MR) is 177 cm³/mol. The number of nitrogens with zero attached hydrogens (tertiary/aromatic N) is 2. The average Bonchev–Trinajstić information content (AvgIpc) is 3.69. The van der Waals surface area contributed by atoms with E-state index in [1.165, 1.54) is 0 Å². The first kappa shape index (κ1) is 28.5. The fourth-order valence-corrected chi connectivity index (χ4v) is 4.98. The van der Waals surface area contributed by atoms with Crippen LogP contribution in [0.5, 0.6) is 11.5 Å². The van der Waals surface area contributed by atoms with E-state index in [9.17, 15) is 10.2 Å². The zero-order valence-electron chi connectivity index (χ0n) is 22.6. The van der Waals surface area contributed by atoms with Crippen LogP contribution in [0.3, 0.4) is 0 Å². The molecule has 4 aromatic carbocycles. The van der Waals surface area contributed by atoms with Gasteiger partial charge in [-0.25, -0.2) is 9.98 Å². The first-order valence-corrected chi connectivity index (χ1v) is 14.9. The maximum Gasteiger partial charge on any atom is 0.145 e. The Labute approximate surface area is 265 Å². The lowest BCUT2D eigenvalue weighted by molar-refractivity contribution is 0.476. The second-order valence-electron chi connectivity index (χ2n) is 9.76. The molecule has 0 aliphatic carbocycles. The highest BCUT2D eigenvalue weighted by Gasteiger charge is 2.08. The molecule has 0 radical (unpaired) electrons. The van der Waals surface area contributed by atoms with E-state index in [0.717, 1.165) is 42.7 Å². The van der Waals surface area contributed by atoms with Crippen molar-refractivity contribution in [3.8, 4) is 34.1 Å². The van der Waals surface area contributed by atoms with E-state index in [1.807, 2.05) is 97.1 Å². The van der Waals surface area contributed by atoms with E-state index in [0.29, 0.717) is 29.3 Å². The molecule has 0 aliphatic rings. The molecule has 0 bridgehead atoms. The molecular formula is C35H24Br2N2O4. The zero-order chi connectivity index (χ0) is 29.8. The molecule has 0 amide bonds. The molecule has 43 heavy (non-hydrogen) atoms. The fourth-order valence-electron chi connectivity index (χ4n) is 4.45. The number of hydrogen-bond acceptors (Lipinski definition) is 6. The Morgan fingerprint density at radius 3 is 1.37 bits per heavy atom. The van der Waals surface area contributed by atoms with Crippen molar-refractivity contribution in [2.75, 3.05) is 0 Å². The molecule has 2 heterocycles. The Kier molecular flexibility index (Phi) is 8.40. The lowest BCUT2D eigenvalue weighted by Crippen LogP contribution is -1.88. The number of hydrogen-bond donors (Lipinski definition) is 2. The molecule has 6 nitrogen and oxygen atoms in total. The maximum atomic E-state index is 10.4. The van der Waals surface area contributed by atoms with Crippen LogP contribution in [0.15, 0.2) is 137 Å². The minimum atomic E-state index is 0.0663. The molecule has 0 aliphatic heterocycles. The van der Waals surface area contributed by atoms with Crippen molar-refractivity contribution in [1.29, 1.82) is 0 Å². The number of rotatable bonds is 8. The predicted octanol–water partition coefficient (Wildman–Crippen LogP) is 10.2. The monoisotopic (exact) mass is 694 g/mol. The molecule has 212 valence electrons. The summed E-state index contributed by atoms with van der Waals surface area (Å²) in [6.07, 6.45) is 3.73. The number of aliphatic imine (C=N–C) groups is 2. The van der Waals surface area contributed by atoms with Crippen molar-refractivity contribution in [2.45, 2.75) is 6.42 Å². The van der Waals surface area contributed by atoms with Gasteiger partial charge in [0, 0.05) is 20.1 Å². The molecule has 8 heteroatoms. The van der Waals surface area contributed by atoms with Crippen molar-refractivity contribution < 1.29 is 19.0 Å². The minimum absolute atomic E-state index is 0.0663. The summed E-state index contributed by atoms with van der Waals surface area (Å²) < 4.78 is 13.8. The van der Waals surface area contributed by atoms with Gasteiger partial charge in [-0.05, 0) is 90.3 Å². The number of phenolic OH excluding ortho intramolecular Hbond substituents is 2. The lowest BCUT2D eigenvalue weighted by atomic mass is 10.0. The van der Waals surface area contributed by atoms with Crippen LogP contribution in [0, 0.1) is 0 Å². The molecule has 0 atom stereocenters. The third-order valence-electron chi connectivity index (χ3n) is 6.66. The summed E-state index contributed by atoms with van der Waals surface area (Å²) in [6, 6.07) is 33.7. The van der Waals surface area contributed by atoms with Crippen molar-refractivity contribution >= 4 is 55.7 Å². The largest absolute Gasteiger partial charge is 0.506 e. The number of benzene rings is 4. The number of halogens is 2. The Morgan fingerprint density at radius 2 is 0.953 bits per heavy atom. The van der Waals surface area contributed by atoms with Gasteiger partial charge in [-0.1, -0.05) is 68.3 Å². The quantitative estimate of drug-likeness (QED) is 0.155. The number of phenols is 2. The van der Waals surface area contributed by atoms with Gasteiger partial charge < -0.3 is 19.0 Å². The van der Waals surface area contributed by atoms with Gasteiger partial charge in [-0.3, -0.25) is 0 Å². The smallest absolute Gasteiger partial charge is 0.145 e. The summed E-state index contributed by atoms with van der Waals surface area (Å²) in [4.78, 5) is 8.94. The first-order chi connectivity index (χ1) is 20.9. The fraction of sp³-hybridized carbons (Fsp3) is 0.0286. The summed E-state index contributed by atoms with van der Waals surface area (Å²) >= 11 is 6.88. The standard InChI is InChI=1S/C35H24Br2N2O4/c36-26-7-3-24(4-8-26)34-15-11-28(42-34)20-38-30-18-22(1-13-32(30)40)17-23-2-14-33(41)31(19-23)39-21-29-12-16-35(43-29)25-5-9-27(37)10-6-25/h1-16,18-21,40-41H,17H2. The summed E-state index contributed by atoms with van der Waals surface area (Å²) in [5.41, 5.74) is 4.64. The molecule has 6 aromatic rings. The van der Waals surface area contributed by atoms with E-state index < -0.39 is 0 Å². The number of aromatic hydroxyl groups is 2. The van der Waals surface area contributed by atoms with Crippen LogP contribution in [0.4, 0.5) is 11.4 Å². The Morgan fingerprint density at radius 1 is 0.535 bits per heavy atom. The van der Waals surface area contributed by atoms with E-state index in [1.54, 1.807) is 24.6 Å². The normalized spacial score (nSPS) is 11.6. The topological polar surface area (TPSA) is 91.5 Å². The SMILES string of the molecule is Oc1ccc(Cc2ccc(O)c(N=Cc3ccc(-c4ccc(Br)cc4)o3)c2)cc1N=Cc1ccc(-c2ccc(Br)cc2)o1. The summed E-state index contributed by atoms with van der Waals surface area (Å²) in [6.45, 7) is 0. The molecule has 2 N–H and O–H groups in total. The summed E-state index contributed by atoms with van der Waals surface area (Å²) in [5, 5.41) is 20.8. The Bertz CT molecular complexity index is 1800. The van der Waals surface area contributed by atoms with Crippen LogP contribution >= 0.6 is 31.9 Å². The van der Waals surface area contributed by atoms with Gasteiger partial charge in [0.25, 0.3) is 0 Å². The third kappa shape index (κ3) is 7.05. The highest BCUT2D eigenvalue weighted by Crippen LogP contribution is 2.32. The van der Waals surface area contributed by atoms with E-state index in [-0.39, 0.29) is 11.5 Å². The van der Waals surface area contributed by atoms with Gasteiger partial charge in [0.15, 0.2) is 0 Å². The maximum absolute atomic E-state index is 10.4. The van der Waals surface area contributed by atoms with E-state index in [2.05, 4.69) is 41.8 Å². The zero-order valence-corrected chi connectivity index (χ0v) is 25.8. The molecule has 0 unspecified atom stereocenters. The average molecular weight is 696 g/mol. The molecule has 0 spiro atoms.